The van der Waals surface area contributed by atoms with Gasteiger partial charge in [0, 0.05) is 53.9 Å². The number of imidazole rings is 1. The second kappa shape index (κ2) is 10.2. The summed E-state index contributed by atoms with van der Waals surface area (Å²) in [6.07, 6.45) is 12.0. The third-order valence-corrected chi connectivity index (χ3v) is 5.30. The highest BCUT2D eigenvalue weighted by Gasteiger charge is 2.18. The molecule has 3 N–H and O–H groups in total. The largest absolute Gasteiger partial charge is 0.395 e. The second-order valence-electron chi connectivity index (χ2n) is 7.58. The van der Waals surface area contributed by atoms with Crippen LogP contribution in [0.5, 0.6) is 0 Å². The molecule has 0 bridgehead atoms. The van der Waals surface area contributed by atoms with E-state index in [9.17, 15) is 5.11 Å². The van der Waals surface area contributed by atoms with Crippen LogP contribution in [0.2, 0.25) is 0 Å². The van der Waals surface area contributed by atoms with Gasteiger partial charge in [-0.05, 0) is 18.6 Å². The van der Waals surface area contributed by atoms with Crippen molar-refractivity contribution in [2.45, 2.75) is 26.1 Å². The zero-order chi connectivity index (χ0) is 23.2. The number of nitrogens with one attached hydrogen (secondary N) is 1. The van der Waals surface area contributed by atoms with Crippen molar-refractivity contribution in [3.8, 4) is 34.8 Å². The summed E-state index contributed by atoms with van der Waals surface area (Å²) in [5.74, 6) is 3.91. The number of hydrogen-bond donors (Lipinski definition) is 3. The molecule has 33 heavy (non-hydrogen) atoms. The van der Waals surface area contributed by atoms with Crippen molar-refractivity contribution in [1.29, 1.82) is 0 Å². The van der Waals surface area contributed by atoms with Crippen molar-refractivity contribution in [2.24, 2.45) is 0 Å². The normalized spacial score (nSPS) is 11.9. The average Bonchev–Trinajstić information content (AvgIpc) is 3.49. The van der Waals surface area contributed by atoms with Crippen molar-refractivity contribution < 1.29 is 14.7 Å². The molecule has 0 fully saturated rings. The van der Waals surface area contributed by atoms with Crippen LogP contribution in [0.4, 0.5) is 0 Å². The van der Waals surface area contributed by atoms with E-state index in [-0.39, 0.29) is 6.61 Å². The van der Waals surface area contributed by atoms with Gasteiger partial charge >= 0.3 is 0 Å². The summed E-state index contributed by atoms with van der Waals surface area (Å²) < 4.78 is 7.54. The van der Waals surface area contributed by atoms with Gasteiger partial charge in [0.15, 0.2) is 5.76 Å². The molecule has 8 heteroatoms. The fourth-order valence-corrected chi connectivity index (χ4v) is 3.73. The summed E-state index contributed by atoms with van der Waals surface area (Å²) in [6, 6.07) is 9.77. The lowest BCUT2D eigenvalue weighted by Crippen LogP contribution is -2.19. The number of hydrogen-bond acceptors (Lipinski definition) is 7. The highest BCUT2D eigenvalue weighted by atomic mass is 16.5. The van der Waals surface area contributed by atoms with Crippen LogP contribution in [0.1, 0.15) is 35.7 Å². The van der Waals surface area contributed by atoms with Crippen molar-refractivity contribution in [3.63, 3.8) is 0 Å². The van der Waals surface area contributed by atoms with E-state index < -0.39 is 6.10 Å². The molecule has 3 heterocycles. The van der Waals surface area contributed by atoms with E-state index in [1.165, 1.54) is 0 Å². The van der Waals surface area contributed by atoms with Gasteiger partial charge in [-0.1, -0.05) is 35.3 Å². The van der Waals surface area contributed by atoms with Gasteiger partial charge in [0.05, 0.1) is 25.0 Å². The lowest BCUT2D eigenvalue weighted by molar-refractivity contribution is 0.184. The summed E-state index contributed by atoms with van der Waals surface area (Å²) in [7, 11) is 0. The van der Waals surface area contributed by atoms with Gasteiger partial charge in [-0.2, -0.15) is 0 Å². The van der Waals surface area contributed by atoms with Crippen LogP contribution in [0.3, 0.4) is 0 Å². The summed E-state index contributed by atoms with van der Waals surface area (Å²) in [5, 5.41) is 26.1. The Kier molecular flexibility index (Phi) is 6.95. The topological polar surface area (TPSA) is 109 Å². The van der Waals surface area contributed by atoms with E-state index in [4.69, 9.17) is 16.1 Å². The molecule has 0 saturated carbocycles. The molecule has 0 aliphatic rings. The minimum atomic E-state index is -0.686. The summed E-state index contributed by atoms with van der Waals surface area (Å²) >= 11 is 0. The van der Waals surface area contributed by atoms with E-state index in [1.54, 1.807) is 25.5 Å². The molecule has 8 nitrogen and oxygen atoms in total. The van der Waals surface area contributed by atoms with Crippen molar-refractivity contribution in [3.05, 3.63) is 77.8 Å². The third kappa shape index (κ3) is 4.86. The Bertz CT molecular complexity index is 1270. The Labute approximate surface area is 191 Å². The zero-order valence-electron chi connectivity index (χ0n) is 18.3. The number of aliphatic hydroxyl groups excluding tert-OH is 2. The quantitative estimate of drug-likeness (QED) is 0.270. The number of nitrogens with zero attached hydrogens (tertiary/aromatic N) is 4. The number of aromatic nitrogens is 4. The van der Waals surface area contributed by atoms with Gasteiger partial charge < -0.3 is 24.6 Å². The van der Waals surface area contributed by atoms with Gasteiger partial charge in [-0.3, -0.25) is 4.98 Å². The molecule has 4 rings (SSSR count). The molecular weight excluding hydrogens is 418 g/mol. The fourth-order valence-electron chi connectivity index (χ4n) is 3.73. The first-order valence-electron chi connectivity index (χ1n) is 10.6. The molecule has 0 amide bonds. The second-order valence-corrected chi connectivity index (χ2v) is 7.58. The van der Waals surface area contributed by atoms with Crippen LogP contribution in [0.25, 0.3) is 22.5 Å². The number of aliphatic hydroxyl groups is 2. The lowest BCUT2D eigenvalue weighted by atomic mass is 9.96. The average molecular weight is 444 g/mol. The summed E-state index contributed by atoms with van der Waals surface area (Å²) in [5.41, 5.74) is 4.93. The molecule has 1 aromatic carbocycles. The standard InChI is InChI=1S/C25H25N5O3/c1-3-18-12-19(13-28-23(18)15-26-9-11-31)21-6-4-5-7-22(21)24-20(14-29-33-24)16-30-10-8-27-25(30)17(2)32/h1,4-8,10,12-14,17,26,31-32H,9,11,15-16H2,2H3. The van der Waals surface area contributed by atoms with E-state index in [1.807, 2.05) is 41.1 Å². The minimum absolute atomic E-state index is 0.0497. The molecule has 0 saturated heterocycles. The van der Waals surface area contributed by atoms with E-state index >= 15 is 0 Å². The monoisotopic (exact) mass is 443 g/mol. The van der Waals surface area contributed by atoms with Gasteiger partial charge in [-0.25, -0.2) is 4.98 Å². The van der Waals surface area contributed by atoms with E-state index in [0.29, 0.717) is 36.8 Å². The minimum Gasteiger partial charge on any atom is -0.395 e. The van der Waals surface area contributed by atoms with Crippen LogP contribution in [-0.4, -0.2) is 43.1 Å². The molecule has 0 spiro atoms. The SMILES string of the molecule is C#Cc1cc(-c2ccccc2-c2oncc2Cn2ccnc2C(C)O)cnc1CNCCO. The molecular formula is C25H25N5O3. The van der Waals surface area contributed by atoms with E-state index in [0.717, 1.165) is 27.9 Å². The fraction of sp³-hybridized carbons (Fsp3) is 0.240. The Hall–Kier alpha value is -3.77. The van der Waals surface area contributed by atoms with Crippen molar-refractivity contribution in [2.75, 3.05) is 13.2 Å². The zero-order valence-corrected chi connectivity index (χ0v) is 18.3. The first kappa shape index (κ1) is 22.4. The Morgan fingerprint density at radius 3 is 2.79 bits per heavy atom. The van der Waals surface area contributed by atoms with Crippen molar-refractivity contribution >= 4 is 0 Å². The van der Waals surface area contributed by atoms with Crippen LogP contribution < -0.4 is 5.32 Å². The first-order valence-corrected chi connectivity index (χ1v) is 10.6. The van der Waals surface area contributed by atoms with Crippen molar-refractivity contribution in [1.82, 2.24) is 25.0 Å². The number of benzene rings is 1. The number of pyridine rings is 1. The van der Waals surface area contributed by atoms with E-state index in [2.05, 4.69) is 26.4 Å². The molecule has 0 radical (unpaired) electrons. The van der Waals surface area contributed by atoms with Gasteiger partial charge in [0.2, 0.25) is 0 Å². The van der Waals surface area contributed by atoms with Gasteiger partial charge in [-0.15, -0.1) is 6.42 Å². The van der Waals surface area contributed by atoms with Crippen LogP contribution in [-0.2, 0) is 13.1 Å². The van der Waals surface area contributed by atoms with Crippen LogP contribution in [0, 0.1) is 12.3 Å². The predicted octanol–water partition coefficient (Wildman–Crippen LogP) is 2.76. The molecule has 0 aliphatic heterocycles. The van der Waals surface area contributed by atoms with Gasteiger partial charge in [0.1, 0.15) is 11.9 Å². The molecule has 0 aliphatic carbocycles. The molecule has 1 unspecified atom stereocenters. The number of terminal acetylenes is 1. The molecule has 3 aromatic heterocycles. The number of rotatable bonds is 9. The first-order chi connectivity index (χ1) is 16.1. The predicted molar refractivity (Wildman–Crippen MR) is 124 cm³/mol. The van der Waals surface area contributed by atoms with Crippen LogP contribution >= 0.6 is 0 Å². The molecule has 1 atom stereocenters. The maximum atomic E-state index is 9.98. The Morgan fingerprint density at radius 1 is 1.21 bits per heavy atom. The molecule has 4 aromatic rings. The van der Waals surface area contributed by atoms with Crippen LogP contribution in [0.15, 0.2) is 59.6 Å². The summed E-state index contributed by atoms with van der Waals surface area (Å²) in [6.45, 7) is 3.13. The smallest absolute Gasteiger partial charge is 0.172 e. The lowest BCUT2D eigenvalue weighted by Gasteiger charge is -2.12. The molecule has 168 valence electrons. The highest BCUT2D eigenvalue weighted by Crippen LogP contribution is 2.34. The highest BCUT2D eigenvalue weighted by molar-refractivity contribution is 5.82. The maximum absolute atomic E-state index is 9.98. The van der Waals surface area contributed by atoms with Gasteiger partial charge in [0.25, 0.3) is 0 Å². The third-order valence-electron chi connectivity index (χ3n) is 5.30. The Balaban J connectivity index is 1.69. The summed E-state index contributed by atoms with van der Waals surface area (Å²) in [4.78, 5) is 8.79. The Morgan fingerprint density at radius 2 is 2.03 bits per heavy atom. The maximum Gasteiger partial charge on any atom is 0.172 e.